The zero-order chi connectivity index (χ0) is 13.5. The van der Waals surface area contributed by atoms with Crippen LogP contribution in [-0.2, 0) is 13.2 Å². The normalized spacial score (nSPS) is 18.4. The second kappa shape index (κ2) is 7.63. The lowest BCUT2D eigenvalue weighted by atomic mass is 10.1. The SMILES string of the molecule is CCCN1CCCN(Cc2ccc(CO)cc2)CC1. The minimum atomic E-state index is 0.135. The van der Waals surface area contributed by atoms with Gasteiger partial charge in [-0.15, -0.1) is 0 Å². The van der Waals surface area contributed by atoms with Gasteiger partial charge in [-0.2, -0.15) is 0 Å². The van der Waals surface area contributed by atoms with Crippen LogP contribution in [0.3, 0.4) is 0 Å². The third-order valence-corrected chi connectivity index (χ3v) is 3.83. The zero-order valence-corrected chi connectivity index (χ0v) is 12.0. The summed E-state index contributed by atoms with van der Waals surface area (Å²) in [6.07, 6.45) is 2.53. The van der Waals surface area contributed by atoms with Gasteiger partial charge in [0, 0.05) is 19.6 Å². The Bertz CT molecular complexity index is 364. The first kappa shape index (κ1) is 14.5. The van der Waals surface area contributed by atoms with Crippen molar-refractivity contribution in [2.24, 2.45) is 0 Å². The van der Waals surface area contributed by atoms with E-state index < -0.39 is 0 Å². The van der Waals surface area contributed by atoms with E-state index in [0.717, 1.165) is 12.1 Å². The van der Waals surface area contributed by atoms with E-state index in [0.29, 0.717) is 0 Å². The van der Waals surface area contributed by atoms with Gasteiger partial charge in [0.05, 0.1) is 6.61 Å². The van der Waals surface area contributed by atoms with Crippen molar-refractivity contribution in [3.05, 3.63) is 35.4 Å². The molecular formula is C16H26N2O. The Balaban J connectivity index is 1.84. The fraction of sp³-hybridized carbons (Fsp3) is 0.625. The number of hydrogen-bond acceptors (Lipinski definition) is 3. The van der Waals surface area contributed by atoms with Crippen LogP contribution < -0.4 is 0 Å². The van der Waals surface area contributed by atoms with E-state index in [1.807, 2.05) is 12.1 Å². The number of nitrogens with zero attached hydrogens (tertiary/aromatic N) is 2. The van der Waals surface area contributed by atoms with Crippen molar-refractivity contribution < 1.29 is 5.11 Å². The van der Waals surface area contributed by atoms with Crippen molar-refractivity contribution in [3.8, 4) is 0 Å². The van der Waals surface area contributed by atoms with Gasteiger partial charge in [0.1, 0.15) is 0 Å². The second-order valence-electron chi connectivity index (χ2n) is 5.45. The Kier molecular flexibility index (Phi) is 5.83. The second-order valence-corrected chi connectivity index (χ2v) is 5.45. The summed E-state index contributed by atoms with van der Waals surface area (Å²) in [6, 6.07) is 8.33. The van der Waals surface area contributed by atoms with Crippen LogP contribution in [0.4, 0.5) is 0 Å². The molecule has 0 bridgehead atoms. The molecule has 0 spiro atoms. The smallest absolute Gasteiger partial charge is 0.0681 e. The van der Waals surface area contributed by atoms with Crippen molar-refractivity contribution in [1.29, 1.82) is 0 Å². The van der Waals surface area contributed by atoms with E-state index in [-0.39, 0.29) is 6.61 Å². The first-order chi connectivity index (χ1) is 9.31. The van der Waals surface area contributed by atoms with Crippen molar-refractivity contribution in [2.45, 2.75) is 32.9 Å². The minimum Gasteiger partial charge on any atom is -0.392 e. The highest BCUT2D eigenvalue weighted by Crippen LogP contribution is 2.10. The molecule has 1 aliphatic rings. The maximum absolute atomic E-state index is 9.05. The fourth-order valence-corrected chi connectivity index (χ4v) is 2.73. The van der Waals surface area contributed by atoms with Crippen LogP contribution in [0.15, 0.2) is 24.3 Å². The van der Waals surface area contributed by atoms with E-state index in [1.54, 1.807) is 0 Å². The molecule has 3 heteroatoms. The maximum Gasteiger partial charge on any atom is 0.0681 e. The van der Waals surface area contributed by atoms with Gasteiger partial charge in [0.15, 0.2) is 0 Å². The van der Waals surface area contributed by atoms with Crippen molar-refractivity contribution in [1.82, 2.24) is 9.80 Å². The van der Waals surface area contributed by atoms with E-state index in [9.17, 15) is 0 Å². The Hall–Kier alpha value is -0.900. The van der Waals surface area contributed by atoms with Gasteiger partial charge >= 0.3 is 0 Å². The van der Waals surface area contributed by atoms with Gasteiger partial charge in [0.25, 0.3) is 0 Å². The van der Waals surface area contributed by atoms with Crippen LogP contribution >= 0.6 is 0 Å². The first-order valence-corrected chi connectivity index (χ1v) is 7.45. The quantitative estimate of drug-likeness (QED) is 0.880. The molecule has 19 heavy (non-hydrogen) atoms. The van der Waals surface area contributed by atoms with Gasteiger partial charge in [0.2, 0.25) is 0 Å². The summed E-state index contributed by atoms with van der Waals surface area (Å²) < 4.78 is 0. The molecule has 1 N–H and O–H groups in total. The average Bonchev–Trinajstić information content (AvgIpc) is 2.66. The molecule has 0 aliphatic carbocycles. The average molecular weight is 262 g/mol. The van der Waals surface area contributed by atoms with Crippen LogP contribution in [0.5, 0.6) is 0 Å². The lowest BCUT2D eigenvalue weighted by Crippen LogP contribution is -2.31. The predicted molar refractivity (Wildman–Crippen MR) is 79.0 cm³/mol. The molecule has 0 amide bonds. The zero-order valence-electron chi connectivity index (χ0n) is 12.0. The first-order valence-electron chi connectivity index (χ1n) is 7.45. The highest BCUT2D eigenvalue weighted by atomic mass is 16.3. The molecule has 1 aromatic carbocycles. The highest BCUT2D eigenvalue weighted by molar-refractivity contribution is 5.21. The molecule has 106 valence electrons. The van der Waals surface area contributed by atoms with Crippen LogP contribution in [0.2, 0.25) is 0 Å². The van der Waals surface area contributed by atoms with E-state index in [4.69, 9.17) is 5.11 Å². The van der Waals surface area contributed by atoms with Crippen molar-refractivity contribution >= 4 is 0 Å². The summed E-state index contributed by atoms with van der Waals surface area (Å²) >= 11 is 0. The molecular weight excluding hydrogens is 236 g/mol. The predicted octanol–water partition coefficient (Wildman–Crippen LogP) is 2.10. The van der Waals surface area contributed by atoms with E-state index in [1.165, 1.54) is 51.1 Å². The van der Waals surface area contributed by atoms with Crippen LogP contribution in [0, 0.1) is 0 Å². The van der Waals surface area contributed by atoms with E-state index >= 15 is 0 Å². The molecule has 0 unspecified atom stereocenters. The van der Waals surface area contributed by atoms with Crippen LogP contribution in [0.1, 0.15) is 30.9 Å². The summed E-state index contributed by atoms with van der Waals surface area (Å²) in [7, 11) is 0. The van der Waals surface area contributed by atoms with Crippen LogP contribution in [0.25, 0.3) is 0 Å². The van der Waals surface area contributed by atoms with Gasteiger partial charge in [-0.1, -0.05) is 31.2 Å². The van der Waals surface area contributed by atoms with E-state index in [2.05, 4.69) is 28.9 Å². The molecule has 1 fully saturated rings. The summed E-state index contributed by atoms with van der Waals surface area (Å²) in [6.45, 7) is 9.46. The lowest BCUT2D eigenvalue weighted by Gasteiger charge is -2.21. The van der Waals surface area contributed by atoms with Crippen LogP contribution in [-0.4, -0.2) is 47.6 Å². The summed E-state index contributed by atoms with van der Waals surface area (Å²) in [4.78, 5) is 5.12. The Morgan fingerprint density at radius 1 is 0.947 bits per heavy atom. The van der Waals surface area contributed by atoms with Gasteiger partial charge in [-0.25, -0.2) is 0 Å². The maximum atomic E-state index is 9.05. The van der Waals surface area contributed by atoms with Crippen molar-refractivity contribution in [2.75, 3.05) is 32.7 Å². The Morgan fingerprint density at radius 2 is 1.58 bits per heavy atom. The number of hydrogen-bond donors (Lipinski definition) is 1. The molecule has 2 rings (SSSR count). The van der Waals surface area contributed by atoms with Crippen molar-refractivity contribution in [3.63, 3.8) is 0 Å². The molecule has 3 nitrogen and oxygen atoms in total. The largest absolute Gasteiger partial charge is 0.392 e. The number of benzene rings is 1. The summed E-state index contributed by atoms with van der Waals surface area (Å²) in [5, 5.41) is 9.05. The minimum absolute atomic E-state index is 0.135. The third-order valence-electron chi connectivity index (χ3n) is 3.83. The molecule has 0 atom stereocenters. The molecule has 1 aliphatic heterocycles. The topological polar surface area (TPSA) is 26.7 Å². The Labute approximate surface area is 116 Å². The number of rotatable bonds is 5. The molecule has 1 saturated heterocycles. The molecule has 0 aromatic heterocycles. The summed E-state index contributed by atoms with van der Waals surface area (Å²) in [5.74, 6) is 0. The standard InChI is InChI=1S/C16H26N2O/c1-2-8-17-9-3-10-18(12-11-17)13-15-4-6-16(14-19)7-5-15/h4-7,19H,2-3,8-14H2,1H3. The summed E-state index contributed by atoms with van der Waals surface area (Å²) in [5.41, 5.74) is 2.34. The monoisotopic (exact) mass is 262 g/mol. The van der Waals surface area contributed by atoms with Gasteiger partial charge in [-0.3, -0.25) is 4.90 Å². The van der Waals surface area contributed by atoms with Gasteiger partial charge in [-0.05, 0) is 43.6 Å². The molecule has 0 radical (unpaired) electrons. The Morgan fingerprint density at radius 3 is 2.26 bits per heavy atom. The number of aliphatic hydroxyl groups is 1. The lowest BCUT2D eigenvalue weighted by molar-refractivity contribution is 0.251. The molecule has 1 heterocycles. The fourth-order valence-electron chi connectivity index (χ4n) is 2.73. The highest BCUT2D eigenvalue weighted by Gasteiger charge is 2.14. The van der Waals surface area contributed by atoms with Gasteiger partial charge < -0.3 is 10.0 Å². The number of aliphatic hydroxyl groups excluding tert-OH is 1. The third kappa shape index (κ3) is 4.60. The molecule has 0 saturated carbocycles. The molecule has 1 aromatic rings.